The summed E-state index contributed by atoms with van der Waals surface area (Å²) in [7, 11) is 0. The molecule has 0 N–H and O–H groups in total. The van der Waals surface area contributed by atoms with E-state index in [9.17, 15) is 4.39 Å². The van der Waals surface area contributed by atoms with Crippen LogP contribution in [-0.2, 0) is 4.74 Å². The molecular formula is C15H22FNO. The first kappa shape index (κ1) is 13.5. The Hall–Kier alpha value is -0.960. The maximum Gasteiger partial charge on any atom is 0.124 e. The molecule has 0 aliphatic carbocycles. The minimum atomic E-state index is -0.967. The second-order valence-electron chi connectivity index (χ2n) is 5.58. The molecule has 2 nitrogen and oxygen atoms in total. The maximum absolute atomic E-state index is 13.3. The van der Waals surface area contributed by atoms with E-state index in [4.69, 9.17) is 4.74 Å². The standard InChI is InChI=1S/C15H22FNO/c1-9-5-10(2)18-15(9)11(3)13-6-14(12(4)16)8-17-7-13/h6-12,15H,5H2,1-4H3/t9-,10+,11?,12?,15+/m1/s1. The van der Waals surface area contributed by atoms with E-state index in [0.29, 0.717) is 17.6 Å². The van der Waals surface area contributed by atoms with Crippen molar-refractivity contribution in [3.63, 3.8) is 0 Å². The van der Waals surface area contributed by atoms with Gasteiger partial charge in [0.05, 0.1) is 12.2 Å². The average molecular weight is 251 g/mol. The zero-order chi connectivity index (χ0) is 13.3. The van der Waals surface area contributed by atoms with E-state index in [2.05, 4.69) is 25.8 Å². The van der Waals surface area contributed by atoms with E-state index < -0.39 is 6.17 Å². The predicted octanol–water partition coefficient (Wildman–Crippen LogP) is 4.03. The van der Waals surface area contributed by atoms with Crippen LogP contribution in [0.4, 0.5) is 4.39 Å². The smallest absolute Gasteiger partial charge is 0.124 e. The molecule has 0 bridgehead atoms. The van der Waals surface area contributed by atoms with Gasteiger partial charge in [0.1, 0.15) is 6.17 Å². The molecule has 1 fully saturated rings. The van der Waals surface area contributed by atoms with Crippen LogP contribution in [-0.4, -0.2) is 17.2 Å². The molecule has 18 heavy (non-hydrogen) atoms. The molecule has 0 radical (unpaired) electrons. The second kappa shape index (κ2) is 5.35. The van der Waals surface area contributed by atoms with Crippen molar-refractivity contribution in [1.29, 1.82) is 0 Å². The van der Waals surface area contributed by atoms with Crippen LogP contribution in [0.3, 0.4) is 0 Å². The monoisotopic (exact) mass is 251 g/mol. The Kier molecular flexibility index (Phi) is 4.00. The quantitative estimate of drug-likeness (QED) is 0.809. The summed E-state index contributed by atoms with van der Waals surface area (Å²) in [5.74, 6) is 0.803. The first-order valence-electron chi connectivity index (χ1n) is 6.73. The van der Waals surface area contributed by atoms with Gasteiger partial charge in [0.2, 0.25) is 0 Å². The highest BCUT2D eigenvalue weighted by Gasteiger charge is 2.34. The van der Waals surface area contributed by atoms with E-state index in [1.54, 1.807) is 13.1 Å². The Morgan fingerprint density at radius 2 is 1.94 bits per heavy atom. The first-order chi connectivity index (χ1) is 8.49. The summed E-state index contributed by atoms with van der Waals surface area (Å²) in [6, 6.07) is 1.92. The molecule has 0 aromatic carbocycles. The van der Waals surface area contributed by atoms with Crippen LogP contribution < -0.4 is 0 Å². The van der Waals surface area contributed by atoms with E-state index in [1.165, 1.54) is 0 Å². The summed E-state index contributed by atoms with van der Waals surface area (Å²) in [5.41, 5.74) is 1.72. The van der Waals surface area contributed by atoms with Crippen molar-refractivity contribution in [3.8, 4) is 0 Å². The predicted molar refractivity (Wildman–Crippen MR) is 70.3 cm³/mol. The number of alkyl halides is 1. The highest BCUT2D eigenvalue weighted by Crippen LogP contribution is 2.36. The SMILES string of the molecule is CC(F)c1cncc(C(C)[C@H]2O[C@@H](C)C[C@H]2C)c1. The van der Waals surface area contributed by atoms with Gasteiger partial charge in [-0.1, -0.05) is 13.8 Å². The minimum absolute atomic E-state index is 0.215. The lowest BCUT2D eigenvalue weighted by atomic mass is 9.88. The van der Waals surface area contributed by atoms with Crippen molar-refractivity contribution >= 4 is 0 Å². The molecule has 2 unspecified atom stereocenters. The zero-order valence-electron chi connectivity index (χ0n) is 11.6. The average Bonchev–Trinajstić information content (AvgIpc) is 2.67. The molecule has 100 valence electrons. The van der Waals surface area contributed by atoms with Crippen LogP contribution in [0.2, 0.25) is 0 Å². The molecule has 1 aromatic rings. The lowest BCUT2D eigenvalue weighted by Crippen LogP contribution is -2.21. The molecule has 1 aliphatic rings. The van der Waals surface area contributed by atoms with Gasteiger partial charge in [-0.15, -0.1) is 0 Å². The van der Waals surface area contributed by atoms with Gasteiger partial charge in [0.15, 0.2) is 0 Å². The Labute approximate surface area is 109 Å². The van der Waals surface area contributed by atoms with Crippen LogP contribution >= 0.6 is 0 Å². The maximum atomic E-state index is 13.3. The van der Waals surface area contributed by atoms with Gasteiger partial charge in [0.25, 0.3) is 0 Å². The third-order valence-electron chi connectivity index (χ3n) is 3.91. The van der Waals surface area contributed by atoms with E-state index in [1.807, 2.05) is 12.3 Å². The number of hydrogen-bond acceptors (Lipinski definition) is 2. The van der Waals surface area contributed by atoms with Crippen molar-refractivity contribution in [2.75, 3.05) is 0 Å². The van der Waals surface area contributed by atoms with Gasteiger partial charge in [-0.3, -0.25) is 4.98 Å². The molecule has 0 saturated carbocycles. The zero-order valence-corrected chi connectivity index (χ0v) is 11.6. The van der Waals surface area contributed by atoms with E-state index >= 15 is 0 Å². The van der Waals surface area contributed by atoms with Crippen LogP contribution in [0.5, 0.6) is 0 Å². The Morgan fingerprint density at radius 1 is 1.28 bits per heavy atom. The molecule has 5 atom stereocenters. The topological polar surface area (TPSA) is 22.1 Å². The molecule has 1 aromatic heterocycles. The fourth-order valence-corrected chi connectivity index (χ4v) is 2.86. The lowest BCUT2D eigenvalue weighted by molar-refractivity contribution is 0.0315. The van der Waals surface area contributed by atoms with Crippen molar-refractivity contribution < 1.29 is 9.13 Å². The number of pyridine rings is 1. The van der Waals surface area contributed by atoms with Crippen molar-refractivity contribution in [2.45, 2.75) is 58.4 Å². The van der Waals surface area contributed by atoms with Crippen LogP contribution in [0, 0.1) is 5.92 Å². The fraction of sp³-hybridized carbons (Fsp3) is 0.667. The number of hydrogen-bond donors (Lipinski definition) is 0. The molecule has 0 spiro atoms. The number of halogens is 1. The molecule has 1 saturated heterocycles. The third-order valence-corrected chi connectivity index (χ3v) is 3.91. The fourth-order valence-electron chi connectivity index (χ4n) is 2.86. The van der Waals surface area contributed by atoms with Crippen LogP contribution in [0.1, 0.15) is 57.3 Å². The van der Waals surface area contributed by atoms with Gasteiger partial charge in [-0.25, -0.2) is 4.39 Å². The van der Waals surface area contributed by atoms with Crippen LogP contribution in [0.15, 0.2) is 18.5 Å². The summed E-state index contributed by atoms with van der Waals surface area (Å²) >= 11 is 0. The molecular weight excluding hydrogens is 229 g/mol. The van der Waals surface area contributed by atoms with Gasteiger partial charge in [-0.05, 0) is 37.8 Å². The van der Waals surface area contributed by atoms with Gasteiger partial charge in [-0.2, -0.15) is 0 Å². The van der Waals surface area contributed by atoms with Gasteiger partial charge < -0.3 is 4.74 Å². The van der Waals surface area contributed by atoms with Gasteiger partial charge in [0, 0.05) is 23.9 Å². The highest BCUT2D eigenvalue weighted by atomic mass is 19.1. The molecule has 3 heteroatoms. The third kappa shape index (κ3) is 2.72. The number of rotatable bonds is 3. The summed E-state index contributed by atoms with van der Waals surface area (Å²) in [5, 5.41) is 0. The number of ether oxygens (including phenoxy) is 1. The Balaban J connectivity index is 2.18. The van der Waals surface area contributed by atoms with E-state index in [-0.39, 0.29) is 12.0 Å². The molecule has 2 rings (SSSR count). The number of aromatic nitrogens is 1. The van der Waals surface area contributed by atoms with Gasteiger partial charge >= 0.3 is 0 Å². The van der Waals surface area contributed by atoms with E-state index in [0.717, 1.165) is 12.0 Å². The molecule has 0 amide bonds. The molecule has 2 heterocycles. The molecule has 1 aliphatic heterocycles. The van der Waals surface area contributed by atoms with Crippen molar-refractivity contribution in [1.82, 2.24) is 4.98 Å². The van der Waals surface area contributed by atoms with Crippen molar-refractivity contribution in [2.24, 2.45) is 5.92 Å². The minimum Gasteiger partial charge on any atom is -0.374 e. The largest absolute Gasteiger partial charge is 0.374 e. The summed E-state index contributed by atoms with van der Waals surface area (Å²) in [4.78, 5) is 4.15. The lowest BCUT2D eigenvalue weighted by Gasteiger charge is -2.23. The van der Waals surface area contributed by atoms with Crippen LogP contribution in [0.25, 0.3) is 0 Å². The number of nitrogens with zero attached hydrogens (tertiary/aromatic N) is 1. The summed E-state index contributed by atoms with van der Waals surface area (Å²) < 4.78 is 19.3. The first-order valence-corrected chi connectivity index (χ1v) is 6.73. The normalized spacial score (nSPS) is 31.3. The van der Waals surface area contributed by atoms with Crippen molar-refractivity contribution in [3.05, 3.63) is 29.6 Å². The second-order valence-corrected chi connectivity index (χ2v) is 5.58. The Bertz CT molecular complexity index is 407. The Morgan fingerprint density at radius 3 is 2.50 bits per heavy atom. The highest BCUT2D eigenvalue weighted by molar-refractivity contribution is 5.24. The summed E-state index contributed by atoms with van der Waals surface area (Å²) in [6.45, 7) is 8.02. The summed E-state index contributed by atoms with van der Waals surface area (Å²) in [6.07, 6.45) is 4.10.